The number of amides is 1. The van der Waals surface area contributed by atoms with Crippen LogP contribution in [0, 0.1) is 17.8 Å². The van der Waals surface area contributed by atoms with Gasteiger partial charge in [-0.15, -0.1) is 0 Å². The number of carbonyl (C=O) groups is 2. The minimum atomic E-state index is -0.733. The van der Waals surface area contributed by atoms with Crippen molar-refractivity contribution in [2.45, 2.75) is 77.7 Å². The van der Waals surface area contributed by atoms with Crippen molar-refractivity contribution in [2.24, 2.45) is 22.7 Å². The minimum Gasteiger partial charge on any atom is -0.494 e. The number of aromatic nitrogens is 1. The van der Waals surface area contributed by atoms with Crippen molar-refractivity contribution >= 4 is 35.0 Å². The highest BCUT2D eigenvalue weighted by Gasteiger charge is 2.51. The Morgan fingerprint density at radius 1 is 0.857 bits per heavy atom. The van der Waals surface area contributed by atoms with Gasteiger partial charge in [0.1, 0.15) is 5.75 Å². The molecule has 292 valence electrons. The second kappa shape index (κ2) is 15.8. The van der Waals surface area contributed by atoms with Crippen molar-refractivity contribution in [1.82, 2.24) is 4.57 Å². The number of benzene rings is 3. The molecule has 10 nitrogen and oxygen atoms in total. The lowest BCUT2D eigenvalue weighted by Gasteiger charge is -2.57. The first kappa shape index (κ1) is 37.7. The zero-order chi connectivity index (χ0) is 39.0. The van der Waals surface area contributed by atoms with E-state index in [0.717, 1.165) is 29.0 Å². The maximum atomic E-state index is 14.2. The summed E-state index contributed by atoms with van der Waals surface area (Å²) in [5, 5.41) is 2.99. The predicted molar refractivity (Wildman–Crippen MR) is 216 cm³/mol. The molecule has 4 saturated carbocycles. The van der Waals surface area contributed by atoms with E-state index in [1.54, 1.807) is 36.6 Å². The summed E-state index contributed by atoms with van der Waals surface area (Å²) in [5.41, 5.74) is 4.44. The van der Waals surface area contributed by atoms with Crippen LogP contribution in [0.25, 0.3) is 6.08 Å². The first-order valence-electron chi connectivity index (χ1n) is 19.9. The SMILES string of the molecule is CCOC(=O)C1=C(C)N=c2s/c(=C/c3ccc(OCC(=O)Nc4ccc(C56CC7CC(CC(C7)C5)C6)cc4)c(OCC)c3)c(=O)n2[C@@H]1c1ccc(OCC)cc1. The maximum absolute atomic E-state index is 14.2. The molecule has 3 aromatic carbocycles. The number of esters is 1. The molecule has 1 atom stereocenters. The number of ether oxygens (including phenoxy) is 4. The van der Waals surface area contributed by atoms with Crippen LogP contribution in [0.3, 0.4) is 0 Å². The molecular weight excluding hydrogens is 727 g/mol. The highest BCUT2D eigenvalue weighted by molar-refractivity contribution is 7.07. The van der Waals surface area contributed by atoms with E-state index in [9.17, 15) is 14.4 Å². The van der Waals surface area contributed by atoms with Crippen LogP contribution in [0.4, 0.5) is 5.69 Å². The van der Waals surface area contributed by atoms with E-state index in [0.29, 0.717) is 62.0 Å². The van der Waals surface area contributed by atoms with Gasteiger partial charge in [0.25, 0.3) is 11.5 Å². The first-order valence-corrected chi connectivity index (χ1v) is 20.7. The number of anilines is 1. The number of carbonyl (C=O) groups excluding carboxylic acids is 2. The van der Waals surface area contributed by atoms with Gasteiger partial charge in [-0.25, -0.2) is 9.79 Å². The van der Waals surface area contributed by atoms with Gasteiger partial charge in [-0.3, -0.25) is 14.2 Å². The largest absolute Gasteiger partial charge is 0.494 e. The molecule has 4 bridgehead atoms. The van der Waals surface area contributed by atoms with Gasteiger partial charge in [0.15, 0.2) is 22.9 Å². The second-order valence-corrected chi connectivity index (χ2v) is 16.6. The lowest BCUT2D eigenvalue weighted by Crippen LogP contribution is -2.48. The highest BCUT2D eigenvalue weighted by atomic mass is 32.1. The fourth-order valence-electron chi connectivity index (χ4n) is 9.88. The Morgan fingerprint density at radius 2 is 1.54 bits per heavy atom. The van der Waals surface area contributed by atoms with E-state index < -0.39 is 12.0 Å². The number of allylic oxidation sites excluding steroid dienone is 1. The predicted octanol–water partition coefficient (Wildman–Crippen LogP) is 7.08. The topological polar surface area (TPSA) is 117 Å². The zero-order valence-corrected chi connectivity index (χ0v) is 33.3. The minimum absolute atomic E-state index is 0.192. The van der Waals surface area contributed by atoms with Gasteiger partial charge in [-0.1, -0.05) is 41.7 Å². The molecule has 4 aromatic rings. The molecule has 4 aliphatic carbocycles. The number of hydrogen-bond acceptors (Lipinski definition) is 9. The highest BCUT2D eigenvalue weighted by Crippen LogP contribution is 2.60. The summed E-state index contributed by atoms with van der Waals surface area (Å²) in [5.74, 6) is 3.42. The molecule has 1 aromatic heterocycles. The molecular formula is C45H49N3O7S. The van der Waals surface area contributed by atoms with Crippen molar-refractivity contribution < 1.29 is 28.5 Å². The number of thiazole rings is 1. The summed E-state index contributed by atoms with van der Waals surface area (Å²) in [6.45, 7) is 8.19. The Hall–Kier alpha value is -5.16. The number of rotatable bonds is 13. The van der Waals surface area contributed by atoms with Gasteiger partial charge in [0.2, 0.25) is 0 Å². The van der Waals surface area contributed by atoms with Gasteiger partial charge in [0, 0.05) is 5.69 Å². The van der Waals surface area contributed by atoms with E-state index in [2.05, 4.69) is 22.4 Å². The molecule has 2 heterocycles. The summed E-state index contributed by atoms with van der Waals surface area (Å²) in [4.78, 5) is 45.6. The Bertz CT molecular complexity index is 2310. The van der Waals surface area contributed by atoms with Crippen molar-refractivity contribution in [3.05, 3.63) is 114 Å². The number of nitrogens with one attached hydrogen (secondary N) is 1. The van der Waals surface area contributed by atoms with Crippen LogP contribution in [0.5, 0.6) is 17.2 Å². The molecule has 4 fully saturated rings. The molecule has 0 unspecified atom stereocenters. The number of nitrogens with zero attached hydrogens (tertiary/aromatic N) is 2. The molecule has 1 aliphatic heterocycles. The van der Waals surface area contributed by atoms with Crippen LogP contribution < -0.4 is 34.4 Å². The Labute approximate surface area is 330 Å². The first-order chi connectivity index (χ1) is 27.2. The number of fused-ring (bicyclic) bond motifs is 1. The van der Waals surface area contributed by atoms with Crippen molar-refractivity contribution in [1.29, 1.82) is 0 Å². The van der Waals surface area contributed by atoms with Crippen molar-refractivity contribution in [2.75, 3.05) is 31.7 Å². The fourth-order valence-corrected chi connectivity index (χ4v) is 10.9. The van der Waals surface area contributed by atoms with Gasteiger partial charge < -0.3 is 24.3 Å². The van der Waals surface area contributed by atoms with Crippen LogP contribution in [0.1, 0.15) is 89.0 Å². The monoisotopic (exact) mass is 775 g/mol. The molecule has 5 aliphatic rings. The Morgan fingerprint density at radius 3 is 2.18 bits per heavy atom. The quantitative estimate of drug-likeness (QED) is 0.144. The van der Waals surface area contributed by atoms with Crippen molar-refractivity contribution in [3.8, 4) is 17.2 Å². The molecule has 11 heteroatoms. The van der Waals surface area contributed by atoms with E-state index in [1.807, 2.05) is 56.3 Å². The molecule has 0 radical (unpaired) electrons. The average Bonchev–Trinajstić information content (AvgIpc) is 3.47. The van der Waals surface area contributed by atoms with E-state index in [-0.39, 0.29) is 24.7 Å². The van der Waals surface area contributed by atoms with Crippen LogP contribution >= 0.6 is 11.3 Å². The van der Waals surface area contributed by atoms with Crippen LogP contribution in [0.15, 0.2) is 87.8 Å². The lowest BCUT2D eigenvalue weighted by molar-refractivity contribution is -0.139. The van der Waals surface area contributed by atoms with Gasteiger partial charge in [0.05, 0.1) is 41.7 Å². The van der Waals surface area contributed by atoms with Crippen LogP contribution in [-0.2, 0) is 19.7 Å². The van der Waals surface area contributed by atoms with Crippen LogP contribution in [0.2, 0.25) is 0 Å². The summed E-state index contributed by atoms with van der Waals surface area (Å²) >= 11 is 1.24. The lowest BCUT2D eigenvalue weighted by atomic mass is 9.48. The Balaban J connectivity index is 0.994. The summed E-state index contributed by atoms with van der Waals surface area (Å²) in [6, 6.07) is 20.5. The maximum Gasteiger partial charge on any atom is 0.338 e. The third-order valence-corrected chi connectivity index (χ3v) is 12.8. The van der Waals surface area contributed by atoms with Gasteiger partial charge in [-0.2, -0.15) is 0 Å². The third kappa shape index (κ3) is 7.41. The molecule has 1 amide bonds. The summed E-state index contributed by atoms with van der Waals surface area (Å²) < 4.78 is 24.9. The fraction of sp³-hybridized carbons (Fsp3) is 0.422. The van der Waals surface area contributed by atoms with E-state index >= 15 is 0 Å². The molecule has 9 rings (SSSR count). The molecule has 56 heavy (non-hydrogen) atoms. The molecule has 0 saturated heterocycles. The average molecular weight is 776 g/mol. The van der Waals surface area contributed by atoms with Gasteiger partial charge in [-0.05, 0) is 149 Å². The van der Waals surface area contributed by atoms with E-state index in [1.165, 1.54) is 55.4 Å². The number of hydrogen-bond donors (Lipinski definition) is 1. The molecule has 1 N–H and O–H groups in total. The smallest absolute Gasteiger partial charge is 0.338 e. The van der Waals surface area contributed by atoms with Crippen molar-refractivity contribution in [3.63, 3.8) is 0 Å². The van der Waals surface area contributed by atoms with E-state index in [4.69, 9.17) is 18.9 Å². The second-order valence-electron chi connectivity index (χ2n) is 15.6. The zero-order valence-electron chi connectivity index (χ0n) is 32.5. The summed E-state index contributed by atoms with van der Waals surface area (Å²) in [7, 11) is 0. The standard InChI is InChI=1S/C45H49N3O7S/c1-5-52-35-15-9-32(10-16-35)41-40(43(51)54-7-3)27(4)46-44-48(41)42(50)38(56-44)22-28-8-17-36(37(21-28)53-6-2)55-26-39(49)47-34-13-11-33(12-14-34)45-23-29-18-30(24-45)20-31(19-29)25-45/h8-17,21-22,29-31,41H,5-7,18-20,23-26H2,1-4H3,(H,47,49)/b38-22+/t29?,30?,31?,41-,45?/m1/s1. The normalized spacial score (nSPS) is 23.7. The molecule has 0 spiro atoms. The third-order valence-electron chi connectivity index (χ3n) is 11.8. The Kier molecular flexibility index (Phi) is 10.6. The summed E-state index contributed by atoms with van der Waals surface area (Å²) in [6.07, 6.45) is 9.93. The van der Waals surface area contributed by atoms with Crippen LogP contribution in [-0.4, -0.2) is 42.9 Å². The van der Waals surface area contributed by atoms with Gasteiger partial charge >= 0.3 is 5.97 Å².